The first kappa shape index (κ1) is 26.6. The minimum atomic E-state index is -4.30. The van der Waals surface area contributed by atoms with Crippen LogP contribution in [0.2, 0.25) is 0 Å². The zero-order valence-electron chi connectivity index (χ0n) is 21.8. The van der Waals surface area contributed by atoms with Crippen molar-refractivity contribution < 1.29 is 17.8 Å². The summed E-state index contributed by atoms with van der Waals surface area (Å²) in [7, 11) is -0.0434. The van der Waals surface area contributed by atoms with E-state index in [-0.39, 0.29) is 5.41 Å². The second kappa shape index (κ2) is 10.5. The van der Waals surface area contributed by atoms with E-state index in [1.54, 1.807) is 6.07 Å². The summed E-state index contributed by atoms with van der Waals surface area (Å²) in [6.45, 7) is 3.63. The summed E-state index contributed by atoms with van der Waals surface area (Å²) in [5.41, 5.74) is 3.21. The summed E-state index contributed by atoms with van der Waals surface area (Å²) < 4.78 is 34.2. The summed E-state index contributed by atoms with van der Waals surface area (Å²) in [6, 6.07) is 5.76. The molecule has 0 saturated heterocycles. The normalized spacial score (nSPS) is 32.1. The highest BCUT2D eigenvalue weighted by Crippen LogP contribution is 2.70. The van der Waals surface area contributed by atoms with Gasteiger partial charge < -0.3 is 9.69 Å². The number of hydrogen-bond donors (Lipinski definition) is 2. The van der Waals surface area contributed by atoms with Crippen molar-refractivity contribution in [1.29, 1.82) is 0 Å². The molecule has 1 aromatic rings. The Hall–Kier alpha value is -1.44. The first-order valence-electron chi connectivity index (χ1n) is 13.5. The van der Waals surface area contributed by atoms with Crippen molar-refractivity contribution in [2.75, 3.05) is 25.4 Å². The van der Waals surface area contributed by atoms with Crippen LogP contribution in [0.3, 0.4) is 0 Å². The number of carbonyl (C=O) groups is 1. The predicted molar refractivity (Wildman–Crippen MR) is 141 cm³/mol. The molecule has 3 aliphatic rings. The molecule has 2 fully saturated rings. The number of fused-ring (bicyclic) bond motifs is 5. The number of nitrogens with one attached hydrogen (secondary N) is 1. The van der Waals surface area contributed by atoms with Gasteiger partial charge in [0, 0.05) is 6.42 Å². The molecule has 1 aromatic carbocycles. The highest BCUT2D eigenvalue weighted by atomic mass is 32.2. The maximum Gasteiger partial charge on any atom is 0.357 e. The van der Waals surface area contributed by atoms with E-state index in [9.17, 15) is 17.8 Å². The standard InChI is InChI=1S/C28H44N2O4S/c1-27-14-8-10-25(27)28(16-18-31)15-13-21-19-23(29-35(32,33)34)11-12-24(21)26(28)22(20-27)9-6-4-5-7-17-30(2)3/h11-12,18-19,22,25-26,29H,4-10,13-17,20H2,1-3H3,(H,32,33,34)/t22-,25?,26?,27-,28?/m0/s1. The van der Waals surface area contributed by atoms with E-state index in [4.69, 9.17) is 0 Å². The second-order valence-electron chi connectivity index (χ2n) is 12.1. The van der Waals surface area contributed by atoms with Crippen LogP contribution >= 0.6 is 0 Å². The van der Waals surface area contributed by atoms with Crippen molar-refractivity contribution in [2.45, 2.75) is 89.9 Å². The van der Waals surface area contributed by atoms with Crippen LogP contribution in [0, 0.1) is 22.7 Å². The number of hydrogen-bond acceptors (Lipinski definition) is 4. The molecular weight excluding hydrogens is 460 g/mol. The van der Waals surface area contributed by atoms with E-state index < -0.39 is 10.3 Å². The average molecular weight is 505 g/mol. The molecule has 0 radical (unpaired) electrons. The Morgan fingerprint density at radius 1 is 1.17 bits per heavy atom. The number of aldehydes is 1. The minimum absolute atomic E-state index is 0.00579. The number of aryl methyl sites for hydroxylation is 1. The van der Waals surface area contributed by atoms with Crippen LogP contribution in [0.5, 0.6) is 0 Å². The van der Waals surface area contributed by atoms with E-state index in [1.807, 2.05) is 6.07 Å². The lowest BCUT2D eigenvalue weighted by Gasteiger charge is -2.60. The zero-order chi connectivity index (χ0) is 25.3. The van der Waals surface area contributed by atoms with Crippen LogP contribution in [0.4, 0.5) is 5.69 Å². The van der Waals surface area contributed by atoms with Crippen LogP contribution < -0.4 is 4.72 Å². The third kappa shape index (κ3) is 5.62. The third-order valence-electron chi connectivity index (χ3n) is 9.57. The lowest BCUT2D eigenvalue weighted by molar-refractivity contribution is -0.118. The number of benzene rings is 1. The molecule has 0 aromatic heterocycles. The van der Waals surface area contributed by atoms with Crippen molar-refractivity contribution in [1.82, 2.24) is 4.90 Å². The Labute approximate surface area is 212 Å². The molecular formula is C28H44N2O4S. The molecule has 6 nitrogen and oxygen atoms in total. The van der Waals surface area contributed by atoms with Gasteiger partial charge in [0.2, 0.25) is 0 Å². The Balaban J connectivity index is 1.63. The third-order valence-corrected chi connectivity index (χ3v) is 10.1. The van der Waals surface area contributed by atoms with Crippen LogP contribution in [0.15, 0.2) is 18.2 Å². The topological polar surface area (TPSA) is 86.7 Å². The number of anilines is 1. The van der Waals surface area contributed by atoms with Crippen LogP contribution in [0.25, 0.3) is 0 Å². The molecule has 0 heterocycles. The highest BCUT2D eigenvalue weighted by molar-refractivity contribution is 7.87. The molecule has 0 spiro atoms. The minimum Gasteiger partial charge on any atom is -0.309 e. The van der Waals surface area contributed by atoms with Gasteiger partial charge in [-0.15, -0.1) is 0 Å². The second-order valence-corrected chi connectivity index (χ2v) is 13.3. The molecule has 196 valence electrons. The quantitative estimate of drug-likeness (QED) is 0.224. The lowest BCUT2D eigenvalue weighted by Crippen LogP contribution is -2.52. The van der Waals surface area contributed by atoms with E-state index in [0.29, 0.717) is 35.3 Å². The molecule has 2 saturated carbocycles. The molecule has 0 aliphatic heterocycles. The van der Waals surface area contributed by atoms with Gasteiger partial charge in [0.25, 0.3) is 0 Å². The molecule has 35 heavy (non-hydrogen) atoms. The number of unbranched alkanes of at least 4 members (excludes halogenated alkanes) is 3. The van der Waals surface area contributed by atoms with E-state index in [1.165, 1.54) is 75.2 Å². The predicted octanol–water partition coefficient (Wildman–Crippen LogP) is 5.84. The monoisotopic (exact) mass is 504 g/mol. The number of nitrogens with zero attached hydrogens (tertiary/aromatic N) is 1. The molecule has 3 aliphatic carbocycles. The van der Waals surface area contributed by atoms with Crippen molar-refractivity contribution in [3.8, 4) is 0 Å². The van der Waals surface area contributed by atoms with Crippen LogP contribution in [-0.4, -0.2) is 44.8 Å². The summed E-state index contributed by atoms with van der Waals surface area (Å²) in [6.07, 6.45) is 14.8. The van der Waals surface area contributed by atoms with Crippen molar-refractivity contribution in [3.63, 3.8) is 0 Å². The zero-order valence-corrected chi connectivity index (χ0v) is 22.6. The Morgan fingerprint density at radius 3 is 2.66 bits per heavy atom. The first-order valence-corrected chi connectivity index (χ1v) is 15.0. The van der Waals surface area contributed by atoms with Gasteiger partial charge in [0.05, 0.1) is 5.69 Å². The number of rotatable bonds is 11. The summed E-state index contributed by atoms with van der Waals surface area (Å²) in [4.78, 5) is 14.4. The van der Waals surface area contributed by atoms with Crippen LogP contribution in [0.1, 0.15) is 94.6 Å². The summed E-state index contributed by atoms with van der Waals surface area (Å²) in [5, 5.41) is 0. The molecule has 7 heteroatoms. The summed E-state index contributed by atoms with van der Waals surface area (Å²) >= 11 is 0. The van der Waals surface area contributed by atoms with E-state index in [2.05, 4.69) is 36.7 Å². The fraction of sp³-hybridized carbons (Fsp3) is 0.750. The van der Waals surface area contributed by atoms with Crippen molar-refractivity contribution >= 4 is 22.3 Å². The fourth-order valence-electron chi connectivity index (χ4n) is 8.44. The maximum atomic E-state index is 12.1. The molecule has 5 atom stereocenters. The SMILES string of the molecule is CN(C)CCCCCC[C@H]1C[C@]2(C)CCCC2C2(CC=O)CCc3cc(NS(=O)(=O)O)ccc3C12. The van der Waals surface area contributed by atoms with Gasteiger partial charge in [-0.3, -0.25) is 9.27 Å². The number of carbonyl (C=O) groups excluding carboxylic acids is 1. The largest absolute Gasteiger partial charge is 0.357 e. The highest BCUT2D eigenvalue weighted by Gasteiger charge is 2.61. The van der Waals surface area contributed by atoms with Gasteiger partial charge >= 0.3 is 10.3 Å². The molecule has 0 amide bonds. The van der Waals surface area contributed by atoms with Crippen molar-refractivity contribution in [3.05, 3.63) is 29.3 Å². The van der Waals surface area contributed by atoms with Gasteiger partial charge in [-0.1, -0.05) is 38.7 Å². The Kier molecular flexibility index (Phi) is 7.99. The molecule has 4 rings (SSSR count). The molecule has 3 unspecified atom stereocenters. The fourth-order valence-corrected chi connectivity index (χ4v) is 8.87. The van der Waals surface area contributed by atoms with Gasteiger partial charge in [-0.2, -0.15) is 8.42 Å². The first-order chi connectivity index (χ1) is 16.6. The van der Waals surface area contributed by atoms with Gasteiger partial charge in [0.15, 0.2) is 0 Å². The molecule has 2 N–H and O–H groups in total. The molecule has 0 bridgehead atoms. The summed E-state index contributed by atoms with van der Waals surface area (Å²) in [5.74, 6) is 1.46. The smallest absolute Gasteiger partial charge is 0.309 e. The van der Waals surface area contributed by atoms with Crippen molar-refractivity contribution in [2.24, 2.45) is 22.7 Å². The lowest BCUT2D eigenvalue weighted by atomic mass is 9.43. The van der Waals surface area contributed by atoms with Gasteiger partial charge in [0.1, 0.15) is 6.29 Å². The van der Waals surface area contributed by atoms with Gasteiger partial charge in [-0.05, 0) is 117 Å². The van der Waals surface area contributed by atoms with E-state index >= 15 is 0 Å². The van der Waals surface area contributed by atoms with Crippen LogP contribution in [-0.2, 0) is 21.5 Å². The average Bonchev–Trinajstić information content (AvgIpc) is 3.17. The Morgan fingerprint density at radius 2 is 1.94 bits per heavy atom. The maximum absolute atomic E-state index is 12.1. The van der Waals surface area contributed by atoms with Gasteiger partial charge in [-0.25, -0.2) is 0 Å². The van der Waals surface area contributed by atoms with E-state index in [0.717, 1.165) is 19.4 Å². The Bertz CT molecular complexity index is 1010.